The summed E-state index contributed by atoms with van der Waals surface area (Å²) in [6, 6.07) is 4.06. The highest BCUT2D eigenvalue weighted by atomic mass is 32.2. The number of hydrogen-bond acceptors (Lipinski definition) is 10. The molecule has 0 aromatic carbocycles. The first-order valence-electron chi connectivity index (χ1n) is 13.9. The number of carbonyl (C=O) groups excluding carboxylic acids is 1. The summed E-state index contributed by atoms with van der Waals surface area (Å²) >= 11 is 0. The van der Waals surface area contributed by atoms with Crippen LogP contribution in [0.25, 0.3) is 11.4 Å². The highest BCUT2D eigenvalue weighted by molar-refractivity contribution is 7.90. The third-order valence-electron chi connectivity index (χ3n) is 7.67. The molecule has 0 amide bonds. The van der Waals surface area contributed by atoms with Gasteiger partial charge in [0.1, 0.15) is 18.3 Å². The maximum atomic E-state index is 13.0. The summed E-state index contributed by atoms with van der Waals surface area (Å²) in [7, 11) is -3.48. The number of alkyl halides is 1. The molecule has 3 aromatic rings. The van der Waals surface area contributed by atoms with Crippen molar-refractivity contribution in [2.45, 2.75) is 68.7 Å². The van der Waals surface area contributed by atoms with Crippen molar-refractivity contribution in [1.29, 1.82) is 0 Å². The van der Waals surface area contributed by atoms with Crippen molar-refractivity contribution in [3.8, 4) is 11.4 Å². The van der Waals surface area contributed by atoms with E-state index in [1.165, 1.54) is 12.4 Å². The number of rotatable bonds is 12. The molecule has 3 aliphatic rings. The minimum Gasteiger partial charge on any atom is -0.382 e. The SMILES string of the molecule is O=C(c1cnc(Nc2ccnc(-c3cnn(S(=O)(=O)C4CC4)c3)n2)cc1NC1CCC(NCCF)CC1)C1CC1. The van der Waals surface area contributed by atoms with Crippen molar-refractivity contribution in [3.05, 3.63) is 42.5 Å². The van der Waals surface area contributed by atoms with Crippen LogP contribution >= 0.6 is 0 Å². The smallest absolute Gasteiger partial charge is 0.256 e. The van der Waals surface area contributed by atoms with Gasteiger partial charge in [0.15, 0.2) is 11.6 Å². The van der Waals surface area contributed by atoms with E-state index < -0.39 is 10.0 Å². The number of halogens is 1. The van der Waals surface area contributed by atoms with Crippen molar-refractivity contribution in [2.24, 2.45) is 5.92 Å². The van der Waals surface area contributed by atoms with Gasteiger partial charge in [0.2, 0.25) is 0 Å². The number of anilines is 3. The summed E-state index contributed by atoms with van der Waals surface area (Å²) in [5, 5.41) is 13.7. The minimum atomic E-state index is -3.48. The van der Waals surface area contributed by atoms with Gasteiger partial charge in [0.25, 0.3) is 10.0 Å². The lowest BCUT2D eigenvalue weighted by molar-refractivity contribution is 0.0968. The van der Waals surface area contributed by atoms with Gasteiger partial charge in [0.05, 0.1) is 34.5 Å². The molecule has 11 nitrogen and oxygen atoms in total. The molecule has 3 aliphatic carbocycles. The molecule has 40 heavy (non-hydrogen) atoms. The highest BCUT2D eigenvalue weighted by Crippen LogP contribution is 2.36. The molecule has 3 saturated carbocycles. The van der Waals surface area contributed by atoms with Crippen molar-refractivity contribution in [1.82, 2.24) is 29.5 Å². The first kappa shape index (κ1) is 26.8. The highest BCUT2D eigenvalue weighted by Gasteiger charge is 2.38. The number of carbonyl (C=O) groups is 1. The van der Waals surface area contributed by atoms with Crippen LogP contribution in [-0.4, -0.2) is 68.9 Å². The van der Waals surface area contributed by atoms with Gasteiger partial charge >= 0.3 is 0 Å². The summed E-state index contributed by atoms with van der Waals surface area (Å²) in [6.45, 7) is 0.0201. The number of pyridine rings is 1. The second kappa shape index (κ2) is 11.2. The lowest BCUT2D eigenvalue weighted by atomic mass is 9.90. The van der Waals surface area contributed by atoms with Crippen molar-refractivity contribution >= 4 is 33.1 Å². The Hall–Kier alpha value is -3.45. The van der Waals surface area contributed by atoms with Crippen molar-refractivity contribution in [2.75, 3.05) is 23.9 Å². The Labute approximate surface area is 232 Å². The van der Waals surface area contributed by atoms with Crippen LogP contribution in [0.3, 0.4) is 0 Å². The van der Waals surface area contributed by atoms with E-state index >= 15 is 0 Å². The molecule has 0 bridgehead atoms. The molecule has 0 spiro atoms. The molecule has 0 unspecified atom stereocenters. The normalized spacial score (nSPS) is 21.2. The molecule has 212 valence electrons. The van der Waals surface area contributed by atoms with E-state index in [1.54, 1.807) is 18.5 Å². The number of Topliss-reactive ketones (excluding diaryl/α,β-unsaturated/α-hetero) is 1. The predicted molar refractivity (Wildman–Crippen MR) is 149 cm³/mol. The molecule has 3 heterocycles. The van der Waals surface area contributed by atoms with Gasteiger partial charge in [0, 0.05) is 43.0 Å². The average Bonchev–Trinajstić information content (AvgIpc) is 3.90. The summed E-state index contributed by atoms with van der Waals surface area (Å²) in [5.41, 5.74) is 1.83. The van der Waals surface area contributed by atoms with Crippen LogP contribution in [0.5, 0.6) is 0 Å². The molecule has 3 aromatic heterocycles. The van der Waals surface area contributed by atoms with E-state index in [2.05, 4.69) is 36.0 Å². The van der Waals surface area contributed by atoms with Gasteiger partial charge < -0.3 is 16.0 Å². The summed E-state index contributed by atoms with van der Waals surface area (Å²) < 4.78 is 38.5. The Bertz CT molecular complexity index is 1480. The number of aromatic nitrogens is 5. The number of ketones is 1. The number of hydrogen-bond donors (Lipinski definition) is 3. The van der Waals surface area contributed by atoms with E-state index in [0.717, 1.165) is 48.3 Å². The van der Waals surface area contributed by atoms with Crippen LogP contribution in [0.1, 0.15) is 61.7 Å². The Morgan fingerprint density at radius 3 is 2.50 bits per heavy atom. The Balaban J connectivity index is 1.18. The lowest BCUT2D eigenvalue weighted by Gasteiger charge is -2.30. The van der Waals surface area contributed by atoms with E-state index in [-0.39, 0.29) is 29.7 Å². The molecular formula is C27H33FN8O3S. The second-order valence-corrected chi connectivity index (χ2v) is 12.9. The zero-order valence-corrected chi connectivity index (χ0v) is 22.9. The van der Waals surface area contributed by atoms with E-state index in [0.29, 0.717) is 54.0 Å². The largest absolute Gasteiger partial charge is 0.382 e. The standard InChI is InChI=1S/C27H33FN8O3S/c28-10-12-29-19-3-5-20(6-4-19)33-23-13-25(31-15-22(23)26(37)17-1-2-17)34-24-9-11-30-27(35-24)18-14-32-36(16-18)40(38,39)21-7-8-21/h9,11,13-17,19-21,29H,1-8,10,12H2,(H2,30,31,33,34,35). The fourth-order valence-corrected chi connectivity index (χ4v) is 6.58. The molecule has 3 N–H and O–H groups in total. The fourth-order valence-electron chi connectivity index (χ4n) is 5.10. The van der Waals surface area contributed by atoms with Crippen LogP contribution in [0.2, 0.25) is 0 Å². The topological polar surface area (TPSA) is 144 Å². The van der Waals surface area contributed by atoms with Crippen LogP contribution in [0, 0.1) is 5.92 Å². The molecular weight excluding hydrogens is 535 g/mol. The molecule has 0 atom stereocenters. The maximum Gasteiger partial charge on any atom is 0.256 e. The third-order valence-corrected chi connectivity index (χ3v) is 9.70. The van der Waals surface area contributed by atoms with Gasteiger partial charge in [-0.05, 0) is 57.4 Å². The minimum absolute atomic E-state index is 0.0656. The zero-order valence-electron chi connectivity index (χ0n) is 22.1. The van der Waals surface area contributed by atoms with Gasteiger partial charge in [-0.25, -0.2) is 27.8 Å². The molecule has 13 heteroatoms. The summed E-state index contributed by atoms with van der Waals surface area (Å²) in [4.78, 5) is 26.3. The third kappa shape index (κ3) is 5.99. The molecule has 0 aliphatic heterocycles. The van der Waals surface area contributed by atoms with Crippen molar-refractivity contribution < 1.29 is 17.6 Å². The number of nitrogens with one attached hydrogen (secondary N) is 3. The van der Waals surface area contributed by atoms with Crippen LogP contribution in [0.15, 0.2) is 36.9 Å². The van der Waals surface area contributed by atoms with E-state index in [9.17, 15) is 17.6 Å². The van der Waals surface area contributed by atoms with Gasteiger partial charge in [-0.1, -0.05) is 0 Å². The van der Waals surface area contributed by atoms with Gasteiger partial charge in [-0.3, -0.25) is 4.79 Å². The molecule has 0 saturated heterocycles. The van der Waals surface area contributed by atoms with Gasteiger partial charge in [-0.15, -0.1) is 0 Å². The van der Waals surface area contributed by atoms with Crippen LogP contribution in [0.4, 0.5) is 21.7 Å². The lowest BCUT2D eigenvalue weighted by Crippen LogP contribution is -2.38. The Kier molecular flexibility index (Phi) is 7.49. The van der Waals surface area contributed by atoms with E-state index in [1.807, 2.05) is 6.07 Å². The summed E-state index contributed by atoms with van der Waals surface area (Å²) in [5.74, 6) is 1.50. The average molecular weight is 569 g/mol. The van der Waals surface area contributed by atoms with Crippen molar-refractivity contribution in [3.63, 3.8) is 0 Å². The van der Waals surface area contributed by atoms with E-state index in [4.69, 9.17) is 0 Å². The second-order valence-electron chi connectivity index (χ2n) is 10.8. The zero-order chi connectivity index (χ0) is 27.7. The monoisotopic (exact) mass is 568 g/mol. The Morgan fingerprint density at radius 2 is 1.77 bits per heavy atom. The Morgan fingerprint density at radius 1 is 1.00 bits per heavy atom. The summed E-state index contributed by atoms with van der Waals surface area (Å²) in [6.07, 6.45) is 12.9. The molecule has 3 fully saturated rings. The van der Waals surface area contributed by atoms with Crippen LogP contribution < -0.4 is 16.0 Å². The molecule has 0 radical (unpaired) electrons. The first-order chi connectivity index (χ1) is 19.4. The maximum absolute atomic E-state index is 13.0. The first-order valence-corrected chi connectivity index (χ1v) is 15.4. The predicted octanol–water partition coefficient (Wildman–Crippen LogP) is 3.69. The quantitative estimate of drug-likeness (QED) is 0.277. The van der Waals surface area contributed by atoms with Gasteiger partial charge in [-0.2, -0.15) is 9.19 Å². The number of nitrogens with zero attached hydrogens (tertiary/aromatic N) is 5. The fraction of sp³-hybridized carbons (Fsp3) is 0.519. The molecule has 6 rings (SSSR count). The van der Waals surface area contributed by atoms with Crippen LogP contribution in [-0.2, 0) is 10.0 Å².